The molecule has 90 valence electrons. The van der Waals surface area contributed by atoms with Crippen molar-refractivity contribution in [3.8, 4) is 0 Å². The van der Waals surface area contributed by atoms with Crippen LogP contribution in [0.4, 0.5) is 0 Å². The average Bonchev–Trinajstić information content (AvgIpc) is 2.56. The summed E-state index contributed by atoms with van der Waals surface area (Å²) < 4.78 is 0. The van der Waals surface area contributed by atoms with Crippen LogP contribution in [0.15, 0.2) is 30.3 Å². The summed E-state index contributed by atoms with van der Waals surface area (Å²) in [6, 6.07) is 9.33. The highest BCUT2D eigenvalue weighted by molar-refractivity contribution is 6.15. The number of rotatable bonds is 3. The highest BCUT2D eigenvalue weighted by Gasteiger charge is 2.52. The summed E-state index contributed by atoms with van der Waals surface area (Å²) in [4.78, 5) is 28.9. The van der Waals surface area contributed by atoms with E-state index in [2.05, 4.69) is 4.89 Å². The van der Waals surface area contributed by atoms with Crippen LogP contribution >= 0.6 is 0 Å². The Morgan fingerprint density at radius 1 is 1.35 bits per heavy atom. The Hall–Kier alpha value is -1.72. The third-order valence-electron chi connectivity index (χ3n) is 2.96. The molecule has 5 nitrogen and oxygen atoms in total. The van der Waals surface area contributed by atoms with Crippen LogP contribution < -0.4 is 0 Å². The second kappa shape index (κ2) is 4.27. The van der Waals surface area contributed by atoms with Gasteiger partial charge in [-0.15, -0.1) is 0 Å². The van der Waals surface area contributed by atoms with E-state index in [4.69, 9.17) is 5.26 Å². The van der Waals surface area contributed by atoms with Crippen LogP contribution in [0.2, 0.25) is 0 Å². The van der Waals surface area contributed by atoms with E-state index in [0.717, 1.165) is 5.56 Å². The predicted molar refractivity (Wildman–Crippen MR) is 59.0 cm³/mol. The van der Waals surface area contributed by atoms with Crippen LogP contribution in [-0.2, 0) is 21.0 Å². The molecule has 1 aromatic carbocycles. The molecular formula is C12H13NO4. The lowest BCUT2D eigenvalue weighted by Gasteiger charge is -2.18. The van der Waals surface area contributed by atoms with E-state index in [1.807, 2.05) is 30.3 Å². The monoisotopic (exact) mass is 235 g/mol. The van der Waals surface area contributed by atoms with Gasteiger partial charge in [-0.2, -0.15) is 0 Å². The topological polar surface area (TPSA) is 66.8 Å². The van der Waals surface area contributed by atoms with Gasteiger partial charge in [-0.05, 0) is 12.5 Å². The van der Waals surface area contributed by atoms with Crippen molar-refractivity contribution in [3.05, 3.63) is 35.9 Å². The third-order valence-corrected chi connectivity index (χ3v) is 2.96. The first-order valence-corrected chi connectivity index (χ1v) is 5.27. The molecule has 1 atom stereocenters. The molecule has 0 spiro atoms. The van der Waals surface area contributed by atoms with Gasteiger partial charge in [-0.1, -0.05) is 30.3 Å². The standard InChI is InChI=1S/C12H13NO4/c1-12(17-16)10(14)8-13(11(12)15)7-9-5-3-2-4-6-9/h2-6,16H,7-8H2,1H3. The summed E-state index contributed by atoms with van der Waals surface area (Å²) in [5.41, 5.74) is -0.815. The van der Waals surface area contributed by atoms with E-state index < -0.39 is 17.3 Å². The Morgan fingerprint density at radius 3 is 2.53 bits per heavy atom. The molecule has 1 aliphatic heterocycles. The minimum Gasteiger partial charge on any atom is -0.328 e. The lowest BCUT2D eigenvalue weighted by Crippen LogP contribution is -2.42. The Bertz CT molecular complexity index is 445. The van der Waals surface area contributed by atoms with Crippen LogP contribution in [0.25, 0.3) is 0 Å². The summed E-state index contributed by atoms with van der Waals surface area (Å²) >= 11 is 0. The van der Waals surface area contributed by atoms with Crippen LogP contribution in [0, 0.1) is 0 Å². The predicted octanol–water partition coefficient (Wildman–Crippen LogP) is 0.846. The molecule has 17 heavy (non-hydrogen) atoms. The molecule has 0 aliphatic carbocycles. The summed E-state index contributed by atoms with van der Waals surface area (Å²) in [5.74, 6) is -0.935. The van der Waals surface area contributed by atoms with Crippen LogP contribution in [-0.4, -0.2) is 34.0 Å². The first-order chi connectivity index (χ1) is 8.08. The molecule has 1 aromatic rings. The maximum Gasteiger partial charge on any atom is 0.266 e. The average molecular weight is 235 g/mol. The minimum atomic E-state index is -1.74. The van der Waals surface area contributed by atoms with E-state index in [9.17, 15) is 9.59 Å². The van der Waals surface area contributed by atoms with Crippen LogP contribution in [0.1, 0.15) is 12.5 Å². The van der Waals surface area contributed by atoms with Gasteiger partial charge in [0.1, 0.15) is 0 Å². The van der Waals surface area contributed by atoms with E-state index in [1.54, 1.807) is 0 Å². The Morgan fingerprint density at radius 2 is 2.00 bits per heavy atom. The molecule has 0 aromatic heterocycles. The van der Waals surface area contributed by atoms with Gasteiger partial charge in [-0.3, -0.25) is 14.8 Å². The molecule has 0 radical (unpaired) electrons. The van der Waals surface area contributed by atoms with Crippen molar-refractivity contribution in [2.24, 2.45) is 0 Å². The zero-order chi connectivity index (χ0) is 12.5. The number of carbonyl (C=O) groups is 2. The van der Waals surface area contributed by atoms with Gasteiger partial charge in [0.25, 0.3) is 5.91 Å². The summed E-state index contributed by atoms with van der Waals surface area (Å²) in [5, 5.41) is 8.68. The van der Waals surface area contributed by atoms with Crippen molar-refractivity contribution >= 4 is 11.7 Å². The molecular weight excluding hydrogens is 222 g/mol. The largest absolute Gasteiger partial charge is 0.328 e. The van der Waals surface area contributed by atoms with Gasteiger partial charge < -0.3 is 4.90 Å². The second-order valence-corrected chi connectivity index (χ2v) is 4.19. The molecule has 2 rings (SSSR count). The minimum absolute atomic E-state index is 0.0369. The van der Waals surface area contributed by atoms with E-state index in [1.165, 1.54) is 11.8 Å². The second-order valence-electron chi connectivity index (χ2n) is 4.19. The van der Waals surface area contributed by atoms with Gasteiger partial charge in [0.05, 0.1) is 6.54 Å². The first-order valence-electron chi connectivity index (χ1n) is 5.27. The molecule has 0 bridgehead atoms. The maximum absolute atomic E-state index is 11.9. The summed E-state index contributed by atoms with van der Waals surface area (Å²) in [6.45, 7) is 1.58. The fourth-order valence-electron chi connectivity index (χ4n) is 1.84. The lowest BCUT2D eigenvalue weighted by molar-refractivity contribution is -0.294. The summed E-state index contributed by atoms with van der Waals surface area (Å²) in [7, 11) is 0. The highest BCUT2D eigenvalue weighted by atomic mass is 17.1. The van der Waals surface area contributed by atoms with Crippen molar-refractivity contribution in [2.45, 2.75) is 19.1 Å². The number of nitrogens with zero attached hydrogens (tertiary/aromatic N) is 1. The van der Waals surface area contributed by atoms with E-state index in [0.29, 0.717) is 6.54 Å². The Kier molecular flexibility index (Phi) is 2.95. The zero-order valence-corrected chi connectivity index (χ0v) is 9.42. The number of Topliss-reactive ketones (excluding diaryl/α,β-unsaturated/α-hetero) is 1. The summed E-state index contributed by atoms with van der Waals surface area (Å²) in [6.07, 6.45) is 0. The van der Waals surface area contributed by atoms with Gasteiger partial charge in [0, 0.05) is 6.54 Å². The van der Waals surface area contributed by atoms with Crippen molar-refractivity contribution in [1.29, 1.82) is 0 Å². The van der Waals surface area contributed by atoms with Crippen molar-refractivity contribution in [1.82, 2.24) is 4.90 Å². The molecule has 1 fully saturated rings. The van der Waals surface area contributed by atoms with Gasteiger partial charge in [-0.25, -0.2) is 4.89 Å². The molecule has 1 heterocycles. The Balaban J connectivity index is 2.16. The van der Waals surface area contributed by atoms with Gasteiger partial charge in [0.2, 0.25) is 5.60 Å². The number of ketones is 1. The van der Waals surface area contributed by atoms with Gasteiger partial charge in [0.15, 0.2) is 5.78 Å². The van der Waals surface area contributed by atoms with Crippen molar-refractivity contribution in [2.75, 3.05) is 6.54 Å². The van der Waals surface area contributed by atoms with Crippen molar-refractivity contribution in [3.63, 3.8) is 0 Å². The Labute approximate surface area is 98.5 Å². The van der Waals surface area contributed by atoms with Crippen LogP contribution in [0.3, 0.4) is 0 Å². The molecule has 0 saturated carbocycles. The number of hydrogen-bond donors (Lipinski definition) is 1. The maximum atomic E-state index is 11.9. The highest BCUT2D eigenvalue weighted by Crippen LogP contribution is 2.24. The SMILES string of the molecule is CC1(OO)C(=O)CN(Cc2ccccc2)C1=O. The number of carbonyl (C=O) groups excluding carboxylic acids is 2. The smallest absolute Gasteiger partial charge is 0.266 e. The fourth-order valence-corrected chi connectivity index (χ4v) is 1.84. The molecule has 1 unspecified atom stereocenters. The normalized spacial score (nSPS) is 24.5. The molecule has 1 saturated heterocycles. The van der Waals surface area contributed by atoms with E-state index in [-0.39, 0.29) is 6.54 Å². The molecule has 1 N–H and O–H groups in total. The quantitative estimate of drug-likeness (QED) is 0.479. The first kappa shape index (κ1) is 11.8. The van der Waals surface area contributed by atoms with E-state index >= 15 is 0 Å². The molecule has 5 heteroatoms. The zero-order valence-electron chi connectivity index (χ0n) is 9.42. The third kappa shape index (κ3) is 1.94. The number of likely N-dealkylation sites (tertiary alicyclic amines) is 1. The van der Waals surface area contributed by atoms with Crippen molar-refractivity contribution < 1.29 is 19.7 Å². The molecule has 1 aliphatic rings. The number of hydrogen-bond acceptors (Lipinski definition) is 4. The lowest BCUT2D eigenvalue weighted by atomic mass is 10.1. The van der Waals surface area contributed by atoms with Gasteiger partial charge >= 0.3 is 0 Å². The number of amides is 1. The molecule has 1 amide bonds. The fraction of sp³-hybridized carbons (Fsp3) is 0.333. The number of benzene rings is 1. The van der Waals surface area contributed by atoms with Crippen LogP contribution in [0.5, 0.6) is 0 Å².